The Labute approximate surface area is 75.4 Å². The van der Waals surface area contributed by atoms with Crippen LogP contribution in [0.25, 0.3) is 0 Å². The van der Waals surface area contributed by atoms with Gasteiger partial charge in [-0.1, -0.05) is 6.92 Å². The number of alkyl halides is 4. The van der Waals surface area contributed by atoms with Gasteiger partial charge < -0.3 is 0 Å². The van der Waals surface area contributed by atoms with Gasteiger partial charge in [0, 0.05) is 0 Å². The van der Waals surface area contributed by atoms with Gasteiger partial charge in [0.05, 0.1) is 10.8 Å². The van der Waals surface area contributed by atoms with Crippen molar-refractivity contribution in [1.82, 2.24) is 0 Å². The first-order valence-corrected chi connectivity index (χ1v) is 4.40. The van der Waals surface area contributed by atoms with Crippen LogP contribution in [0.15, 0.2) is 0 Å². The van der Waals surface area contributed by atoms with E-state index in [0.717, 1.165) is 6.42 Å². The van der Waals surface area contributed by atoms with Gasteiger partial charge in [-0.2, -0.15) is 0 Å². The van der Waals surface area contributed by atoms with E-state index in [1.165, 1.54) is 0 Å². The zero-order valence-corrected chi connectivity index (χ0v) is 7.97. The lowest BCUT2D eigenvalue weighted by molar-refractivity contribution is 0.775. The maximum atomic E-state index is 5.71. The molecule has 56 valence electrons. The molecule has 0 aliphatic heterocycles. The number of halogens is 4. The van der Waals surface area contributed by atoms with E-state index in [0.29, 0.717) is 0 Å². The number of rotatable bonds is 3. The fourth-order valence-electron chi connectivity index (χ4n) is 0.383. The van der Waals surface area contributed by atoms with Crippen LogP contribution in [0.4, 0.5) is 0 Å². The molecule has 9 heavy (non-hydrogen) atoms. The van der Waals surface area contributed by atoms with E-state index >= 15 is 0 Å². The summed E-state index contributed by atoms with van der Waals surface area (Å²) in [7, 11) is 0. The molecule has 0 spiro atoms. The van der Waals surface area contributed by atoms with Crippen LogP contribution < -0.4 is 0 Å². The summed E-state index contributed by atoms with van der Waals surface area (Å²) in [6.45, 7) is 1.93. The Morgan fingerprint density at radius 3 is 1.67 bits per heavy atom. The molecule has 0 aromatic heterocycles. The minimum atomic E-state index is -0.575. The molecule has 2 unspecified atom stereocenters. The first kappa shape index (κ1) is 10.2. The normalized spacial score (nSPS) is 18.0. The maximum absolute atomic E-state index is 5.71. The maximum Gasteiger partial charge on any atom is 0.125 e. The molecule has 0 amide bonds. The second kappa shape index (κ2) is 4.90. The van der Waals surface area contributed by atoms with E-state index in [-0.39, 0.29) is 10.8 Å². The fraction of sp³-hybridized carbons (Fsp3) is 1.00. The summed E-state index contributed by atoms with van der Waals surface area (Å²) in [5, 5.41) is -0.480. The lowest BCUT2D eigenvalue weighted by atomic mass is 10.2. The lowest BCUT2D eigenvalue weighted by Crippen LogP contribution is -2.20. The van der Waals surface area contributed by atoms with Gasteiger partial charge in [0.25, 0.3) is 0 Å². The van der Waals surface area contributed by atoms with Crippen molar-refractivity contribution in [2.24, 2.45) is 0 Å². The van der Waals surface area contributed by atoms with Gasteiger partial charge in [-0.15, -0.1) is 46.4 Å². The van der Waals surface area contributed by atoms with Crippen LogP contribution in [-0.2, 0) is 0 Å². The fourth-order valence-corrected chi connectivity index (χ4v) is 1.21. The number of hydrogen-bond donors (Lipinski definition) is 0. The molecule has 0 aromatic carbocycles. The summed E-state index contributed by atoms with van der Waals surface area (Å²) in [5.41, 5.74) is 0. The molecule has 0 aromatic rings. The Kier molecular flexibility index (Phi) is 5.53. The second-order valence-electron chi connectivity index (χ2n) is 1.70. The van der Waals surface area contributed by atoms with E-state index in [9.17, 15) is 0 Å². The van der Waals surface area contributed by atoms with Crippen LogP contribution in [-0.4, -0.2) is 15.6 Å². The first-order chi connectivity index (χ1) is 4.09. The second-order valence-corrected chi connectivity index (χ2v) is 3.93. The van der Waals surface area contributed by atoms with Crippen molar-refractivity contribution in [1.29, 1.82) is 0 Å². The molecular weight excluding hydrogens is 202 g/mol. The highest BCUT2D eigenvalue weighted by atomic mass is 35.5. The van der Waals surface area contributed by atoms with Crippen molar-refractivity contribution in [3.63, 3.8) is 0 Å². The highest BCUT2D eigenvalue weighted by Gasteiger charge is 2.20. The van der Waals surface area contributed by atoms with Crippen molar-refractivity contribution < 1.29 is 0 Å². The van der Waals surface area contributed by atoms with E-state index in [2.05, 4.69) is 0 Å². The molecule has 2 atom stereocenters. The molecule has 0 aliphatic rings. The predicted octanol–water partition coefficient (Wildman–Crippen LogP) is 3.41. The summed E-state index contributed by atoms with van der Waals surface area (Å²) in [5.74, 6) is 0. The Balaban J connectivity index is 3.58. The van der Waals surface area contributed by atoms with Crippen LogP contribution in [0.1, 0.15) is 13.3 Å². The molecule has 0 aliphatic carbocycles. The highest BCUT2D eigenvalue weighted by molar-refractivity contribution is 6.49. The zero-order valence-electron chi connectivity index (χ0n) is 4.95. The van der Waals surface area contributed by atoms with Gasteiger partial charge in [-0.25, -0.2) is 0 Å². The first-order valence-electron chi connectivity index (χ1n) is 2.65. The molecule has 0 N–H and O–H groups in total. The third kappa shape index (κ3) is 3.77. The van der Waals surface area contributed by atoms with E-state index in [1.807, 2.05) is 6.92 Å². The Bertz CT molecular complexity index is 73.4. The Morgan fingerprint density at radius 2 is 1.56 bits per heavy atom. The molecule has 0 bridgehead atoms. The zero-order chi connectivity index (χ0) is 7.44. The minimum Gasteiger partial charge on any atom is -0.121 e. The molecule has 0 heterocycles. The van der Waals surface area contributed by atoms with Crippen molar-refractivity contribution in [3.8, 4) is 0 Å². The van der Waals surface area contributed by atoms with Crippen LogP contribution in [0, 0.1) is 0 Å². The standard InChI is InChI=1S/C5H8Cl4/c1-2-3(6)4(7)5(8)9/h3-5H,2H2,1H3. The van der Waals surface area contributed by atoms with Crippen LogP contribution in [0.5, 0.6) is 0 Å². The van der Waals surface area contributed by atoms with Crippen LogP contribution >= 0.6 is 46.4 Å². The third-order valence-corrected chi connectivity index (χ3v) is 3.04. The monoisotopic (exact) mass is 208 g/mol. The van der Waals surface area contributed by atoms with Crippen molar-refractivity contribution in [2.45, 2.75) is 28.9 Å². The van der Waals surface area contributed by atoms with Crippen molar-refractivity contribution in [2.75, 3.05) is 0 Å². The number of hydrogen-bond acceptors (Lipinski definition) is 0. The van der Waals surface area contributed by atoms with E-state index < -0.39 is 4.84 Å². The topological polar surface area (TPSA) is 0 Å². The van der Waals surface area contributed by atoms with Gasteiger partial charge >= 0.3 is 0 Å². The molecule has 0 saturated heterocycles. The summed E-state index contributed by atoms with van der Waals surface area (Å²) in [6, 6.07) is 0. The average molecular weight is 210 g/mol. The molecule has 0 rings (SSSR count). The van der Waals surface area contributed by atoms with Gasteiger partial charge in [0.2, 0.25) is 0 Å². The van der Waals surface area contributed by atoms with Gasteiger partial charge in [-0.3, -0.25) is 0 Å². The smallest absolute Gasteiger partial charge is 0.121 e. The van der Waals surface area contributed by atoms with Crippen LogP contribution in [0.2, 0.25) is 0 Å². The van der Waals surface area contributed by atoms with Crippen LogP contribution in [0.3, 0.4) is 0 Å². The average Bonchev–Trinajstić information content (AvgIpc) is 1.84. The molecule has 0 fully saturated rings. The Hall–Kier alpha value is 1.16. The van der Waals surface area contributed by atoms with Crippen molar-refractivity contribution in [3.05, 3.63) is 0 Å². The molecule has 0 nitrogen and oxygen atoms in total. The highest BCUT2D eigenvalue weighted by Crippen LogP contribution is 2.22. The van der Waals surface area contributed by atoms with Crippen molar-refractivity contribution >= 4 is 46.4 Å². The lowest BCUT2D eigenvalue weighted by Gasteiger charge is -2.13. The molecule has 0 radical (unpaired) electrons. The van der Waals surface area contributed by atoms with E-state index in [1.54, 1.807) is 0 Å². The summed E-state index contributed by atoms with van der Waals surface area (Å²) < 4.78 is 0. The molecule has 0 saturated carbocycles. The largest absolute Gasteiger partial charge is 0.125 e. The summed E-state index contributed by atoms with van der Waals surface area (Å²) in [6.07, 6.45) is 0.783. The molecule has 4 heteroatoms. The van der Waals surface area contributed by atoms with Gasteiger partial charge in [-0.05, 0) is 6.42 Å². The van der Waals surface area contributed by atoms with Gasteiger partial charge in [0.1, 0.15) is 4.84 Å². The Morgan fingerprint density at radius 1 is 1.11 bits per heavy atom. The van der Waals surface area contributed by atoms with Gasteiger partial charge in [0.15, 0.2) is 0 Å². The predicted molar refractivity (Wildman–Crippen MR) is 45.1 cm³/mol. The SMILES string of the molecule is CCC(Cl)C(Cl)C(Cl)Cl. The summed E-state index contributed by atoms with van der Waals surface area (Å²) in [4.78, 5) is -0.575. The van der Waals surface area contributed by atoms with E-state index in [4.69, 9.17) is 46.4 Å². The summed E-state index contributed by atoms with van der Waals surface area (Å²) >= 11 is 22.3. The third-order valence-electron chi connectivity index (χ3n) is 0.976. The molecular formula is C5H8Cl4. The minimum absolute atomic E-state index is 0.133. The quantitative estimate of drug-likeness (QED) is 0.626.